The van der Waals surface area contributed by atoms with E-state index in [9.17, 15) is 9.59 Å². The molecule has 2 saturated heterocycles. The number of likely N-dealkylation sites (tertiary alicyclic amines) is 2. The van der Waals surface area contributed by atoms with Gasteiger partial charge in [0.15, 0.2) is 0 Å². The smallest absolute Gasteiger partial charge is 0.246 e. The summed E-state index contributed by atoms with van der Waals surface area (Å²) in [7, 11) is 0. The first-order valence-corrected chi connectivity index (χ1v) is 10.7. The van der Waals surface area contributed by atoms with Gasteiger partial charge in [0.05, 0.1) is 0 Å². The highest BCUT2D eigenvalue weighted by Crippen LogP contribution is 2.19. The van der Waals surface area contributed by atoms with Crippen LogP contribution in [0.15, 0.2) is 36.4 Å². The Kier molecular flexibility index (Phi) is 7.66. The van der Waals surface area contributed by atoms with Gasteiger partial charge in [-0.25, -0.2) is 0 Å². The molecule has 2 amide bonds. The molecule has 2 aliphatic rings. The van der Waals surface area contributed by atoms with Crippen LogP contribution >= 0.6 is 0 Å². The molecule has 1 N–H and O–H groups in total. The molecule has 28 heavy (non-hydrogen) atoms. The summed E-state index contributed by atoms with van der Waals surface area (Å²) in [5.41, 5.74) is 1.02. The van der Waals surface area contributed by atoms with E-state index in [1.165, 1.54) is 6.42 Å². The van der Waals surface area contributed by atoms with Crippen LogP contribution in [0.1, 0.15) is 44.6 Å². The highest BCUT2D eigenvalue weighted by molar-refractivity contribution is 5.92. The van der Waals surface area contributed by atoms with Crippen molar-refractivity contribution in [3.05, 3.63) is 42.0 Å². The molecule has 3 rings (SSSR count). The molecular weight excluding hydrogens is 350 g/mol. The van der Waals surface area contributed by atoms with E-state index in [1.807, 2.05) is 41.3 Å². The average Bonchev–Trinajstić information content (AvgIpc) is 2.74. The summed E-state index contributed by atoms with van der Waals surface area (Å²) in [6.07, 6.45) is 8.29. The Hall–Kier alpha value is -2.14. The van der Waals surface area contributed by atoms with Crippen LogP contribution in [0.25, 0.3) is 6.08 Å². The highest BCUT2D eigenvalue weighted by atomic mass is 16.2. The minimum Gasteiger partial charge on any atom is -0.353 e. The Morgan fingerprint density at radius 3 is 2.36 bits per heavy atom. The summed E-state index contributed by atoms with van der Waals surface area (Å²) < 4.78 is 0. The fourth-order valence-corrected chi connectivity index (χ4v) is 4.14. The van der Waals surface area contributed by atoms with E-state index in [4.69, 9.17) is 0 Å². The third-order valence-corrected chi connectivity index (χ3v) is 5.87. The monoisotopic (exact) mass is 383 g/mol. The van der Waals surface area contributed by atoms with E-state index in [2.05, 4.69) is 17.1 Å². The van der Waals surface area contributed by atoms with Gasteiger partial charge in [0, 0.05) is 44.2 Å². The van der Waals surface area contributed by atoms with Gasteiger partial charge >= 0.3 is 0 Å². The first-order valence-electron chi connectivity index (χ1n) is 10.7. The maximum atomic E-state index is 12.6. The lowest BCUT2D eigenvalue weighted by atomic mass is 9.94. The molecule has 0 saturated carbocycles. The van der Waals surface area contributed by atoms with Gasteiger partial charge in [-0.15, -0.1) is 0 Å². The van der Waals surface area contributed by atoms with Gasteiger partial charge in [-0.2, -0.15) is 0 Å². The van der Waals surface area contributed by atoms with E-state index in [0.29, 0.717) is 19.1 Å². The second-order valence-electron chi connectivity index (χ2n) is 7.97. The normalized spacial score (nSPS) is 19.8. The molecule has 0 radical (unpaired) electrons. The van der Waals surface area contributed by atoms with Crippen LogP contribution in [0.4, 0.5) is 0 Å². The van der Waals surface area contributed by atoms with Crippen molar-refractivity contribution in [1.82, 2.24) is 15.1 Å². The Morgan fingerprint density at radius 2 is 1.71 bits per heavy atom. The summed E-state index contributed by atoms with van der Waals surface area (Å²) in [6.45, 7) is 6.85. The molecule has 2 aliphatic heterocycles. The predicted octanol–water partition coefficient (Wildman–Crippen LogP) is 2.93. The zero-order valence-electron chi connectivity index (χ0n) is 17.0. The number of nitrogens with one attached hydrogen (secondary N) is 1. The van der Waals surface area contributed by atoms with E-state index in [-0.39, 0.29) is 17.7 Å². The van der Waals surface area contributed by atoms with E-state index < -0.39 is 0 Å². The number of amides is 2. The number of nitrogens with zero attached hydrogens (tertiary/aromatic N) is 2. The van der Waals surface area contributed by atoms with Crippen molar-refractivity contribution in [2.45, 2.75) is 45.1 Å². The summed E-state index contributed by atoms with van der Waals surface area (Å²) in [6, 6.07) is 10.2. The number of hydrogen-bond acceptors (Lipinski definition) is 3. The molecule has 2 fully saturated rings. The molecule has 0 aliphatic carbocycles. The quantitative estimate of drug-likeness (QED) is 0.769. The molecule has 0 spiro atoms. The molecular formula is C23H33N3O2. The summed E-state index contributed by atoms with van der Waals surface area (Å²) >= 11 is 0. The summed E-state index contributed by atoms with van der Waals surface area (Å²) in [5.74, 6) is 0.252. The van der Waals surface area contributed by atoms with Gasteiger partial charge in [0.1, 0.15) is 0 Å². The second-order valence-corrected chi connectivity index (χ2v) is 7.97. The fraction of sp³-hybridized carbons (Fsp3) is 0.565. The number of benzene rings is 1. The standard InChI is InChI=1S/C23H33N3O2/c1-2-14-25-15-12-21(13-16-25)24-23(28)20-10-17-26(18-11-20)22(27)9-8-19-6-4-3-5-7-19/h3-9,20-21H,2,10-18H2,1H3,(H,24,28). The molecule has 0 aromatic heterocycles. The van der Waals surface area contributed by atoms with Crippen LogP contribution < -0.4 is 5.32 Å². The largest absolute Gasteiger partial charge is 0.353 e. The van der Waals surface area contributed by atoms with Crippen LogP contribution in [-0.2, 0) is 9.59 Å². The first kappa shape index (κ1) is 20.6. The lowest BCUT2D eigenvalue weighted by Gasteiger charge is -2.34. The van der Waals surface area contributed by atoms with Crippen molar-refractivity contribution in [1.29, 1.82) is 0 Å². The van der Waals surface area contributed by atoms with Crippen LogP contribution in [0, 0.1) is 5.92 Å². The average molecular weight is 384 g/mol. The fourth-order valence-electron chi connectivity index (χ4n) is 4.14. The Balaban J connectivity index is 1.39. The Bertz CT molecular complexity index is 658. The van der Waals surface area contributed by atoms with Crippen LogP contribution in [-0.4, -0.2) is 60.4 Å². The minimum atomic E-state index is 0.0333. The summed E-state index contributed by atoms with van der Waals surface area (Å²) in [5, 5.41) is 3.26. The lowest BCUT2D eigenvalue weighted by molar-refractivity contribution is -0.132. The zero-order chi connectivity index (χ0) is 19.8. The van der Waals surface area contributed by atoms with Gasteiger partial charge < -0.3 is 15.1 Å². The molecule has 5 nitrogen and oxygen atoms in total. The molecule has 0 unspecified atom stereocenters. The van der Waals surface area contributed by atoms with Crippen molar-refractivity contribution >= 4 is 17.9 Å². The van der Waals surface area contributed by atoms with Crippen molar-refractivity contribution in [2.24, 2.45) is 5.92 Å². The molecule has 2 heterocycles. The number of carbonyl (C=O) groups is 2. The Morgan fingerprint density at radius 1 is 1.04 bits per heavy atom. The second kappa shape index (κ2) is 10.4. The molecule has 152 valence electrons. The number of hydrogen-bond donors (Lipinski definition) is 1. The highest BCUT2D eigenvalue weighted by Gasteiger charge is 2.28. The van der Waals surface area contributed by atoms with E-state index >= 15 is 0 Å². The number of piperidine rings is 2. The summed E-state index contributed by atoms with van der Waals surface area (Å²) in [4.78, 5) is 29.3. The zero-order valence-corrected chi connectivity index (χ0v) is 17.0. The van der Waals surface area contributed by atoms with Crippen molar-refractivity contribution in [2.75, 3.05) is 32.7 Å². The van der Waals surface area contributed by atoms with Gasteiger partial charge in [-0.3, -0.25) is 9.59 Å². The van der Waals surface area contributed by atoms with Gasteiger partial charge in [0.25, 0.3) is 0 Å². The van der Waals surface area contributed by atoms with Crippen LogP contribution in [0.3, 0.4) is 0 Å². The van der Waals surface area contributed by atoms with Crippen LogP contribution in [0.5, 0.6) is 0 Å². The molecule has 0 bridgehead atoms. The molecule has 1 aromatic rings. The SMILES string of the molecule is CCCN1CCC(NC(=O)C2CCN(C(=O)C=Cc3ccccc3)CC2)CC1. The van der Waals surface area contributed by atoms with Gasteiger partial charge in [-0.05, 0) is 50.3 Å². The lowest BCUT2D eigenvalue weighted by Crippen LogP contribution is -2.48. The van der Waals surface area contributed by atoms with Gasteiger partial charge in [-0.1, -0.05) is 37.3 Å². The van der Waals surface area contributed by atoms with E-state index in [0.717, 1.165) is 50.9 Å². The van der Waals surface area contributed by atoms with Crippen molar-refractivity contribution in [3.63, 3.8) is 0 Å². The van der Waals surface area contributed by atoms with Crippen LogP contribution in [0.2, 0.25) is 0 Å². The van der Waals surface area contributed by atoms with Gasteiger partial charge in [0.2, 0.25) is 11.8 Å². The van der Waals surface area contributed by atoms with Crippen molar-refractivity contribution < 1.29 is 9.59 Å². The third-order valence-electron chi connectivity index (χ3n) is 5.87. The Labute approximate surface area is 168 Å². The maximum Gasteiger partial charge on any atom is 0.246 e. The first-order chi connectivity index (χ1) is 13.7. The number of carbonyl (C=O) groups excluding carboxylic acids is 2. The molecule has 0 atom stereocenters. The predicted molar refractivity (Wildman–Crippen MR) is 113 cm³/mol. The van der Waals surface area contributed by atoms with Crippen molar-refractivity contribution in [3.8, 4) is 0 Å². The minimum absolute atomic E-state index is 0.0333. The molecule has 1 aromatic carbocycles. The van der Waals surface area contributed by atoms with E-state index in [1.54, 1.807) is 6.08 Å². The molecule has 5 heteroatoms. The topological polar surface area (TPSA) is 52.7 Å². The number of rotatable bonds is 6. The maximum absolute atomic E-state index is 12.6. The third kappa shape index (κ3) is 5.93.